The van der Waals surface area contributed by atoms with Gasteiger partial charge in [-0.05, 0) is 53.9 Å². The molecule has 9 aromatic rings. The molecule has 0 radical (unpaired) electrons. The van der Waals surface area contributed by atoms with E-state index >= 15 is 0 Å². The third-order valence-corrected chi connectivity index (χ3v) is 8.99. The van der Waals surface area contributed by atoms with Gasteiger partial charge < -0.3 is 0 Å². The lowest BCUT2D eigenvalue weighted by Gasteiger charge is -2.14. The first-order valence-electron chi connectivity index (χ1n) is 16.3. The number of hydrogen-bond donors (Lipinski definition) is 0. The molecule has 0 unspecified atom stereocenters. The first-order valence-corrected chi connectivity index (χ1v) is 16.3. The van der Waals surface area contributed by atoms with Crippen LogP contribution in [0.2, 0.25) is 0 Å². The predicted molar refractivity (Wildman–Crippen MR) is 200 cm³/mol. The minimum Gasteiger partial charge on any atom is -0.256 e. The summed E-state index contributed by atoms with van der Waals surface area (Å²) < 4.78 is 0. The summed E-state index contributed by atoms with van der Waals surface area (Å²) in [6, 6.07) is 52.1. The Bertz CT molecular complexity index is 2660. The number of benzene rings is 5. The number of nitrogens with zero attached hydrogens (tertiary/aromatic N) is 5. The van der Waals surface area contributed by atoms with Gasteiger partial charge in [-0.2, -0.15) is 0 Å². The van der Waals surface area contributed by atoms with Crippen LogP contribution in [0.4, 0.5) is 0 Å². The lowest BCUT2D eigenvalue weighted by atomic mass is 9.97. The van der Waals surface area contributed by atoms with Gasteiger partial charge in [0.2, 0.25) is 0 Å². The van der Waals surface area contributed by atoms with Crippen LogP contribution < -0.4 is 0 Å². The largest absolute Gasteiger partial charge is 0.256 e. The molecular formula is C44H29N5. The average Bonchev–Trinajstić information content (AvgIpc) is 3.17. The van der Waals surface area contributed by atoms with Gasteiger partial charge >= 0.3 is 0 Å². The van der Waals surface area contributed by atoms with E-state index in [1.807, 2.05) is 55.6 Å². The van der Waals surface area contributed by atoms with Crippen molar-refractivity contribution in [1.29, 1.82) is 0 Å². The molecule has 0 fully saturated rings. The van der Waals surface area contributed by atoms with Crippen LogP contribution in [0, 0.1) is 6.92 Å². The van der Waals surface area contributed by atoms with Crippen molar-refractivity contribution in [2.75, 3.05) is 0 Å². The Morgan fingerprint density at radius 3 is 1.92 bits per heavy atom. The van der Waals surface area contributed by atoms with E-state index in [0.717, 1.165) is 88.9 Å². The standard InChI is InChI=1S/C44H29N5/c1-28-20-21-32-22-23-36-37(29-11-4-2-5-12-29)26-39(47-43(36)42(32)46-28)40-27-38(30-13-6-3-7-14-30)48-44(49-40)34-17-8-16-33(25-34)35-19-9-15-31-18-10-24-45-41(31)35/h2-27H,1H3. The molecule has 4 heterocycles. The molecule has 49 heavy (non-hydrogen) atoms. The Morgan fingerprint density at radius 2 is 1.06 bits per heavy atom. The molecule has 5 heteroatoms. The molecule has 5 nitrogen and oxygen atoms in total. The molecule has 0 bridgehead atoms. The molecule has 0 N–H and O–H groups in total. The smallest absolute Gasteiger partial charge is 0.160 e. The van der Waals surface area contributed by atoms with Gasteiger partial charge in [0.15, 0.2) is 5.82 Å². The van der Waals surface area contributed by atoms with Gasteiger partial charge in [0.25, 0.3) is 0 Å². The maximum absolute atomic E-state index is 5.31. The summed E-state index contributed by atoms with van der Waals surface area (Å²) in [5, 5.41) is 3.20. The molecule has 4 aromatic heterocycles. The van der Waals surface area contributed by atoms with Crippen LogP contribution in [0.25, 0.3) is 89.0 Å². The summed E-state index contributed by atoms with van der Waals surface area (Å²) in [6.45, 7) is 2.02. The second-order valence-electron chi connectivity index (χ2n) is 12.2. The zero-order valence-corrected chi connectivity index (χ0v) is 26.7. The minimum atomic E-state index is 0.626. The quantitative estimate of drug-likeness (QED) is 0.178. The summed E-state index contributed by atoms with van der Waals surface area (Å²) >= 11 is 0. The molecule has 0 atom stereocenters. The first kappa shape index (κ1) is 28.6. The predicted octanol–water partition coefficient (Wildman–Crippen LogP) is 10.8. The highest BCUT2D eigenvalue weighted by atomic mass is 14.9. The van der Waals surface area contributed by atoms with E-state index in [1.54, 1.807) is 0 Å². The van der Waals surface area contributed by atoms with E-state index in [9.17, 15) is 0 Å². The Balaban J connectivity index is 1.29. The maximum Gasteiger partial charge on any atom is 0.160 e. The number of hydrogen-bond acceptors (Lipinski definition) is 5. The molecular weight excluding hydrogens is 599 g/mol. The molecule has 0 amide bonds. The number of rotatable bonds is 5. The number of pyridine rings is 3. The highest BCUT2D eigenvalue weighted by molar-refractivity contribution is 6.09. The van der Waals surface area contributed by atoms with Gasteiger partial charge in [0, 0.05) is 44.7 Å². The number of aryl methyl sites for hydroxylation is 1. The van der Waals surface area contributed by atoms with Crippen molar-refractivity contribution in [3.8, 4) is 56.3 Å². The average molecular weight is 628 g/mol. The molecule has 0 spiro atoms. The van der Waals surface area contributed by atoms with Gasteiger partial charge in [-0.15, -0.1) is 0 Å². The van der Waals surface area contributed by atoms with Gasteiger partial charge in [0.05, 0.1) is 33.6 Å². The molecule has 0 aliphatic rings. The van der Waals surface area contributed by atoms with Crippen LogP contribution in [0.15, 0.2) is 158 Å². The van der Waals surface area contributed by atoms with Crippen LogP contribution in [0.3, 0.4) is 0 Å². The fourth-order valence-corrected chi connectivity index (χ4v) is 6.58. The van der Waals surface area contributed by atoms with Gasteiger partial charge in [0.1, 0.15) is 0 Å². The monoisotopic (exact) mass is 627 g/mol. The van der Waals surface area contributed by atoms with E-state index in [0.29, 0.717) is 5.82 Å². The van der Waals surface area contributed by atoms with Gasteiger partial charge in [-0.1, -0.05) is 121 Å². The fraction of sp³-hybridized carbons (Fsp3) is 0.0227. The first-order chi connectivity index (χ1) is 24.2. The second-order valence-corrected chi connectivity index (χ2v) is 12.2. The number of para-hydroxylation sites is 1. The Kier molecular flexibility index (Phi) is 6.95. The number of fused-ring (bicyclic) bond motifs is 4. The van der Waals surface area contributed by atoms with Crippen LogP contribution in [0.1, 0.15) is 5.69 Å². The van der Waals surface area contributed by atoms with Crippen molar-refractivity contribution in [1.82, 2.24) is 24.9 Å². The van der Waals surface area contributed by atoms with E-state index in [1.165, 1.54) is 0 Å². The van der Waals surface area contributed by atoms with Crippen molar-refractivity contribution in [3.63, 3.8) is 0 Å². The molecule has 5 aromatic carbocycles. The summed E-state index contributed by atoms with van der Waals surface area (Å²) in [5.41, 5.74) is 12.2. The van der Waals surface area contributed by atoms with Gasteiger partial charge in [-0.25, -0.2) is 15.0 Å². The summed E-state index contributed by atoms with van der Waals surface area (Å²) in [6.07, 6.45) is 1.84. The van der Waals surface area contributed by atoms with Crippen molar-refractivity contribution >= 4 is 32.7 Å². The molecule has 0 saturated carbocycles. The van der Waals surface area contributed by atoms with Crippen molar-refractivity contribution in [3.05, 3.63) is 164 Å². The van der Waals surface area contributed by atoms with Crippen molar-refractivity contribution in [2.45, 2.75) is 6.92 Å². The second kappa shape index (κ2) is 11.9. The zero-order chi connectivity index (χ0) is 32.7. The Labute approximate surface area is 283 Å². The van der Waals surface area contributed by atoms with Crippen LogP contribution in [-0.4, -0.2) is 24.9 Å². The topological polar surface area (TPSA) is 64.5 Å². The van der Waals surface area contributed by atoms with Crippen LogP contribution in [0.5, 0.6) is 0 Å². The third-order valence-electron chi connectivity index (χ3n) is 8.99. The van der Waals surface area contributed by atoms with Crippen molar-refractivity contribution in [2.24, 2.45) is 0 Å². The summed E-state index contributed by atoms with van der Waals surface area (Å²) in [5.74, 6) is 0.626. The lowest BCUT2D eigenvalue weighted by molar-refractivity contribution is 1.17. The molecule has 230 valence electrons. The van der Waals surface area contributed by atoms with E-state index in [4.69, 9.17) is 24.9 Å². The lowest BCUT2D eigenvalue weighted by Crippen LogP contribution is -1.99. The normalized spacial score (nSPS) is 11.4. The Hall–Kier alpha value is -6.59. The molecule has 9 rings (SSSR count). The minimum absolute atomic E-state index is 0.626. The van der Waals surface area contributed by atoms with E-state index in [-0.39, 0.29) is 0 Å². The molecule has 0 aliphatic carbocycles. The molecule has 0 aliphatic heterocycles. The van der Waals surface area contributed by atoms with Crippen LogP contribution in [-0.2, 0) is 0 Å². The highest BCUT2D eigenvalue weighted by Gasteiger charge is 2.17. The van der Waals surface area contributed by atoms with E-state index in [2.05, 4.69) is 109 Å². The highest BCUT2D eigenvalue weighted by Crippen LogP contribution is 2.37. The summed E-state index contributed by atoms with van der Waals surface area (Å²) in [4.78, 5) is 25.3. The molecule has 0 saturated heterocycles. The Morgan fingerprint density at radius 1 is 0.388 bits per heavy atom. The van der Waals surface area contributed by atoms with Gasteiger partial charge in [-0.3, -0.25) is 9.97 Å². The van der Waals surface area contributed by atoms with Crippen molar-refractivity contribution < 1.29 is 0 Å². The fourth-order valence-electron chi connectivity index (χ4n) is 6.58. The van der Waals surface area contributed by atoms with E-state index < -0.39 is 0 Å². The number of aromatic nitrogens is 5. The SMILES string of the molecule is Cc1ccc2ccc3c(-c4ccccc4)cc(-c4cc(-c5ccccc5)nc(-c5cccc(-c6cccc7cccnc67)c5)n4)nc3c2n1. The zero-order valence-electron chi connectivity index (χ0n) is 26.7. The summed E-state index contributed by atoms with van der Waals surface area (Å²) in [7, 11) is 0. The third kappa shape index (κ3) is 5.28. The maximum atomic E-state index is 5.31. The van der Waals surface area contributed by atoms with Crippen LogP contribution >= 0.6 is 0 Å².